The minimum atomic E-state index is 0.0878. The van der Waals surface area contributed by atoms with E-state index >= 15 is 0 Å². The van der Waals surface area contributed by atoms with E-state index in [1.54, 1.807) is 0 Å². The Bertz CT molecular complexity index is 436. The van der Waals surface area contributed by atoms with Crippen molar-refractivity contribution in [2.45, 2.75) is 59.4 Å². The minimum absolute atomic E-state index is 0.0878. The van der Waals surface area contributed by atoms with Gasteiger partial charge in [0, 0.05) is 18.7 Å². The summed E-state index contributed by atoms with van der Waals surface area (Å²) in [5.41, 5.74) is 1.37. The van der Waals surface area contributed by atoms with Crippen LogP contribution in [0.2, 0.25) is 0 Å². The number of hydrogen-bond acceptors (Lipinski definition) is 2. The van der Waals surface area contributed by atoms with Gasteiger partial charge in [0.25, 0.3) is 5.91 Å². The molecule has 1 rings (SSSR count). The van der Waals surface area contributed by atoms with E-state index in [-0.39, 0.29) is 5.91 Å². The number of pyridine rings is 1. The molecule has 1 N–H and O–H groups in total. The predicted molar refractivity (Wildman–Crippen MR) is 95.4 cm³/mol. The lowest BCUT2D eigenvalue weighted by Crippen LogP contribution is -2.43. The first-order valence-corrected chi connectivity index (χ1v) is 9.12. The van der Waals surface area contributed by atoms with E-state index in [0.717, 1.165) is 45.4 Å². The fourth-order valence-corrected chi connectivity index (χ4v) is 2.90. The Morgan fingerprint density at radius 2 is 1.74 bits per heavy atom. The zero-order valence-electron chi connectivity index (χ0n) is 15.3. The number of carbonyl (C=O) groups excluding carboxylic acids is 1. The molecule has 0 saturated carbocycles. The Balaban J connectivity index is 2.34. The SMILES string of the molecule is CCC(CC)c1cc[n+](CC(=O)NCCCN(CC)CC)cc1. The number of nitrogens with zero attached hydrogens (tertiary/aromatic N) is 2. The number of amides is 1. The highest BCUT2D eigenvalue weighted by Gasteiger charge is 2.11. The highest BCUT2D eigenvalue weighted by molar-refractivity contribution is 5.74. The second-order valence-corrected chi connectivity index (χ2v) is 6.05. The maximum atomic E-state index is 12.0. The second kappa shape index (κ2) is 11.2. The molecule has 0 aliphatic rings. The molecule has 0 bridgehead atoms. The standard InChI is InChI=1S/C19H33N3O/c1-5-17(6-2)18-10-14-22(15-11-18)16-19(23)20-12-9-13-21(7-3)8-4/h10-11,14-15,17H,5-9,12-13,16H2,1-4H3/p+1. The van der Waals surface area contributed by atoms with Crippen LogP contribution in [0, 0.1) is 0 Å². The van der Waals surface area contributed by atoms with Crippen molar-refractivity contribution in [3.63, 3.8) is 0 Å². The van der Waals surface area contributed by atoms with Gasteiger partial charge >= 0.3 is 0 Å². The molecule has 1 aromatic heterocycles. The molecule has 0 aromatic carbocycles. The van der Waals surface area contributed by atoms with Crippen LogP contribution in [0.1, 0.15) is 58.4 Å². The van der Waals surface area contributed by atoms with E-state index in [1.165, 1.54) is 5.56 Å². The molecule has 4 heteroatoms. The van der Waals surface area contributed by atoms with Crippen molar-refractivity contribution in [2.24, 2.45) is 0 Å². The summed E-state index contributed by atoms with van der Waals surface area (Å²) in [6.07, 6.45) is 7.36. The molecule has 1 amide bonds. The first-order valence-electron chi connectivity index (χ1n) is 9.12. The van der Waals surface area contributed by atoms with Crippen molar-refractivity contribution in [1.29, 1.82) is 0 Å². The fraction of sp³-hybridized carbons (Fsp3) is 0.684. The smallest absolute Gasteiger partial charge is 0.285 e. The summed E-state index contributed by atoms with van der Waals surface area (Å²) in [5.74, 6) is 0.711. The van der Waals surface area contributed by atoms with E-state index in [9.17, 15) is 4.79 Å². The van der Waals surface area contributed by atoms with Crippen LogP contribution in [0.3, 0.4) is 0 Å². The van der Waals surface area contributed by atoms with Crippen molar-refractivity contribution in [1.82, 2.24) is 10.2 Å². The second-order valence-electron chi connectivity index (χ2n) is 6.05. The Hall–Kier alpha value is -1.42. The van der Waals surface area contributed by atoms with E-state index in [2.05, 4.69) is 50.0 Å². The van der Waals surface area contributed by atoms with Gasteiger partial charge in [0.15, 0.2) is 12.4 Å². The molecule has 0 aliphatic carbocycles. The van der Waals surface area contributed by atoms with Crippen molar-refractivity contribution in [3.05, 3.63) is 30.1 Å². The molecule has 0 radical (unpaired) electrons. The summed E-state index contributed by atoms with van der Waals surface area (Å²) in [6.45, 7) is 13.1. The average Bonchev–Trinajstić information content (AvgIpc) is 2.57. The predicted octanol–water partition coefficient (Wildman–Crippen LogP) is 2.73. The molecule has 0 atom stereocenters. The maximum absolute atomic E-state index is 12.0. The van der Waals surface area contributed by atoms with Crippen LogP contribution in [0.4, 0.5) is 0 Å². The van der Waals surface area contributed by atoms with Gasteiger partial charge in [-0.2, -0.15) is 4.57 Å². The summed E-state index contributed by atoms with van der Waals surface area (Å²) in [5, 5.41) is 3.01. The third kappa shape index (κ3) is 7.12. The van der Waals surface area contributed by atoms with Crippen LogP contribution in [0.5, 0.6) is 0 Å². The van der Waals surface area contributed by atoms with Gasteiger partial charge in [-0.3, -0.25) is 4.79 Å². The molecule has 23 heavy (non-hydrogen) atoms. The van der Waals surface area contributed by atoms with Gasteiger partial charge in [-0.25, -0.2) is 0 Å². The first kappa shape index (κ1) is 19.6. The molecule has 0 fully saturated rings. The molecule has 1 heterocycles. The Morgan fingerprint density at radius 3 is 2.26 bits per heavy atom. The van der Waals surface area contributed by atoms with E-state index in [0.29, 0.717) is 12.5 Å². The van der Waals surface area contributed by atoms with Crippen LogP contribution < -0.4 is 9.88 Å². The zero-order valence-corrected chi connectivity index (χ0v) is 15.3. The average molecular weight is 321 g/mol. The summed E-state index contributed by atoms with van der Waals surface area (Å²) >= 11 is 0. The van der Waals surface area contributed by atoms with E-state index in [4.69, 9.17) is 0 Å². The highest BCUT2D eigenvalue weighted by atomic mass is 16.1. The minimum Gasteiger partial charge on any atom is -0.351 e. The van der Waals surface area contributed by atoms with E-state index in [1.807, 2.05) is 17.0 Å². The topological polar surface area (TPSA) is 36.2 Å². The van der Waals surface area contributed by atoms with Crippen LogP contribution in [-0.2, 0) is 11.3 Å². The summed E-state index contributed by atoms with van der Waals surface area (Å²) in [6, 6.07) is 4.29. The largest absolute Gasteiger partial charge is 0.351 e. The normalized spacial score (nSPS) is 11.2. The molecule has 4 nitrogen and oxygen atoms in total. The first-order chi connectivity index (χ1) is 11.1. The van der Waals surface area contributed by atoms with E-state index < -0.39 is 0 Å². The highest BCUT2D eigenvalue weighted by Crippen LogP contribution is 2.21. The summed E-state index contributed by atoms with van der Waals surface area (Å²) in [7, 11) is 0. The lowest BCUT2D eigenvalue weighted by Gasteiger charge is -2.17. The number of nitrogens with one attached hydrogen (secondary N) is 1. The number of carbonyl (C=O) groups is 1. The van der Waals surface area contributed by atoms with Crippen molar-refractivity contribution in [3.8, 4) is 0 Å². The van der Waals surface area contributed by atoms with Gasteiger partial charge in [-0.15, -0.1) is 0 Å². The molecule has 1 aromatic rings. The molecule has 0 aliphatic heterocycles. The van der Waals surface area contributed by atoms with Crippen LogP contribution in [0.15, 0.2) is 24.5 Å². The number of aromatic nitrogens is 1. The number of hydrogen-bond donors (Lipinski definition) is 1. The lowest BCUT2D eigenvalue weighted by atomic mass is 9.95. The summed E-state index contributed by atoms with van der Waals surface area (Å²) in [4.78, 5) is 14.4. The van der Waals surface area contributed by atoms with Gasteiger partial charge in [-0.1, -0.05) is 27.7 Å². The maximum Gasteiger partial charge on any atom is 0.285 e. The molecule has 0 unspecified atom stereocenters. The Kier molecular flexibility index (Phi) is 9.53. The van der Waals surface area contributed by atoms with Gasteiger partial charge in [0.2, 0.25) is 6.54 Å². The Labute approximate surface area is 141 Å². The van der Waals surface area contributed by atoms with Crippen LogP contribution >= 0.6 is 0 Å². The quantitative estimate of drug-likeness (QED) is 0.503. The number of rotatable bonds is 11. The van der Waals surface area contributed by atoms with Crippen molar-refractivity contribution in [2.75, 3.05) is 26.2 Å². The molecular weight excluding hydrogens is 286 g/mol. The third-order valence-corrected chi connectivity index (χ3v) is 4.57. The van der Waals surface area contributed by atoms with Gasteiger partial charge in [0.05, 0.1) is 0 Å². The molecule has 0 saturated heterocycles. The zero-order chi connectivity index (χ0) is 17.1. The monoisotopic (exact) mass is 320 g/mol. The summed E-state index contributed by atoms with van der Waals surface area (Å²) < 4.78 is 1.95. The fourth-order valence-electron chi connectivity index (χ4n) is 2.90. The molecular formula is C19H34N3O+. The lowest BCUT2D eigenvalue weighted by molar-refractivity contribution is -0.684. The van der Waals surface area contributed by atoms with Crippen LogP contribution in [0.25, 0.3) is 0 Å². The Morgan fingerprint density at radius 1 is 1.13 bits per heavy atom. The van der Waals surface area contributed by atoms with Gasteiger partial charge in [-0.05, 0) is 50.4 Å². The third-order valence-electron chi connectivity index (χ3n) is 4.57. The molecule has 0 spiro atoms. The van der Waals surface area contributed by atoms with Crippen molar-refractivity contribution >= 4 is 5.91 Å². The van der Waals surface area contributed by atoms with Crippen molar-refractivity contribution < 1.29 is 9.36 Å². The van der Waals surface area contributed by atoms with Gasteiger partial charge < -0.3 is 10.2 Å². The van der Waals surface area contributed by atoms with Gasteiger partial charge in [0.1, 0.15) is 0 Å². The molecule has 130 valence electrons. The van der Waals surface area contributed by atoms with Crippen LogP contribution in [-0.4, -0.2) is 37.0 Å².